The Bertz CT molecular complexity index is 1830. The highest BCUT2D eigenvalue weighted by atomic mass is 35.5. The van der Waals surface area contributed by atoms with Crippen molar-refractivity contribution in [3.8, 4) is 21.8 Å². The minimum absolute atomic E-state index is 0.00601. The van der Waals surface area contributed by atoms with Crippen LogP contribution in [0.4, 0.5) is 5.69 Å². The van der Waals surface area contributed by atoms with Crippen LogP contribution in [0.1, 0.15) is 43.1 Å². The monoisotopic (exact) mass is 642 g/mol. The first-order valence-electron chi connectivity index (χ1n) is 13.2. The van der Waals surface area contributed by atoms with E-state index in [2.05, 4.69) is 25.9 Å². The number of aromatic nitrogens is 1. The van der Waals surface area contributed by atoms with E-state index < -0.39 is 13.5 Å². The van der Waals surface area contributed by atoms with E-state index in [0.29, 0.717) is 21.2 Å². The molecule has 42 heavy (non-hydrogen) atoms. The van der Waals surface area contributed by atoms with Crippen molar-refractivity contribution in [1.29, 1.82) is 0 Å². The molecule has 2 N–H and O–H groups in total. The van der Waals surface area contributed by atoms with Gasteiger partial charge in [0.2, 0.25) is 0 Å². The molecule has 3 heterocycles. The molecule has 0 amide bonds. The van der Waals surface area contributed by atoms with E-state index in [4.69, 9.17) is 37.1 Å². The first-order chi connectivity index (χ1) is 19.8. The summed E-state index contributed by atoms with van der Waals surface area (Å²) in [6.07, 6.45) is 0.862. The smallest absolute Gasteiger partial charge is 0.348 e. The number of hydrogen-bond donors (Lipinski definition) is 2. The van der Waals surface area contributed by atoms with Crippen LogP contribution in [0.15, 0.2) is 71.1 Å². The van der Waals surface area contributed by atoms with Gasteiger partial charge in [-0.05, 0) is 60.7 Å². The van der Waals surface area contributed by atoms with Gasteiger partial charge in [-0.15, -0.1) is 11.3 Å². The van der Waals surface area contributed by atoms with Crippen molar-refractivity contribution in [1.82, 2.24) is 4.98 Å². The Morgan fingerprint density at radius 1 is 1.05 bits per heavy atom. The molecule has 0 aliphatic heterocycles. The van der Waals surface area contributed by atoms with Crippen molar-refractivity contribution in [3.63, 3.8) is 0 Å². The number of aromatic carboxylic acids is 1. The van der Waals surface area contributed by atoms with Crippen LogP contribution in [0.2, 0.25) is 10.0 Å². The average molecular weight is 644 g/mol. The molecule has 218 valence electrons. The summed E-state index contributed by atoms with van der Waals surface area (Å²) in [6, 6.07) is 19.7. The molecule has 0 spiro atoms. The summed E-state index contributed by atoms with van der Waals surface area (Å²) in [7, 11) is -3.79. The van der Waals surface area contributed by atoms with Crippen LogP contribution in [-0.2, 0) is 15.5 Å². The lowest BCUT2D eigenvalue weighted by atomic mass is 9.90. The third-order valence-electron chi connectivity index (χ3n) is 6.33. The minimum atomic E-state index is -3.79. The lowest BCUT2D eigenvalue weighted by Crippen LogP contribution is -2.16. The summed E-state index contributed by atoms with van der Waals surface area (Å²) in [5, 5.41) is 13.5. The summed E-state index contributed by atoms with van der Waals surface area (Å²) >= 11 is 13.4. The molecule has 5 aromatic rings. The summed E-state index contributed by atoms with van der Waals surface area (Å²) in [4.78, 5) is 17.6. The molecule has 0 saturated carbocycles. The zero-order chi connectivity index (χ0) is 30.2. The van der Waals surface area contributed by atoms with Crippen LogP contribution in [0, 0.1) is 5.41 Å². The van der Waals surface area contributed by atoms with Crippen molar-refractivity contribution < 1.29 is 23.4 Å². The molecule has 11 heteroatoms. The molecule has 0 radical (unpaired) electrons. The van der Waals surface area contributed by atoms with Gasteiger partial charge in [0, 0.05) is 27.2 Å². The third-order valence-corrected chi connectivity index (χ3v) is 10.4. The van der Waals surface area contributed by atoms with Crippen LogP contribution < -0.4 is 10.4 Å². The Labute approximate surface area is 258 Å². The van der Waals surface area contributed by atoms with E-state index in [1.807, 2.05) is 42.5 Å². The number of carbonyl (C=O) groups is 1. The lowest BCUT2D eigenvalue weighted by Gasteiger charge is -2.21. The van der Waals surface area contributed by atoms with Gasteiger partial charge < -0.3 is 19.1 Å². The van der Waals surface area contributed by atoms with E-state index in [0.717, 1.165) is 40.1 Å². The quantitative estimate of drug-likeness (QED) is 0.154. The number of carboxylic acid groups (broad SMARTS) is 1. The molecule has 0 aliphatic rings. The number of nitrogens with one attached hydrogen (secondary N) is 1. The first kappa shape index (κ1) is 30.3. The van der Waals surface area contributed by atoms with Gasteiger partial charge in [0.15, 0.2) is 5.58 Å². The predicted octanol–water partition coefficient (Wildman–Crippen LogP) is 9.78. The fourth-order valence-corrected chi connectivity index (χ4v) is 8.12. The van der Waals surface area contributed by atoms with Crippen molar-refractivity contribution in [2.75, 3.05) is 11.7 Å². The number of furan rings is 1. The average Bonchev–Trinajstić information content (AvgIpc) is 3.52. The normalized spacial score (nSPS) is 13.3. The molecule has 0 bridgehead atoms. The maximum Gasteiger partial charge on any atom is 0.348 e. The topological polar surface area (TPSA) is 102 Å². The van der Waals surface area contributed by atoms with Crippen LogP contribution in [-0.4, -0.2) is 22.7 Å². The van der Waals surface area contributed by atoms with Crippen molar-refractivity contribution in [3.05, 3.63) is 87.3 Å². The van der Waals surface area contributed by atoms with Crippen molar-refractivity contribution in [2.24, 2.45) is 5.41 Å². The van der Waals surface area contributed by atoms with E-state index in [1.165, 1.54) is 12.1 Å². The standard InChI is InChI=1S/C31H29Cl2N2O5PS/c1-5-39-41(38,27-13-10-20(32)14-22(27)33)35-24-16-28(42-29(24)30(36)37)19-8-6-18(7-9-19)26-15-23-25(40-26)12-11-21(34-23)17-31(2,3)4/h6-16H,5,17H2,1-4H3,(H,35,38)(H,36,37). The second-order valence-electron chi connectivity index (χ2n) is 10.9. The minimum Gasteiger partial charge on any atom is -0.477 e. The molecule has 2 aromatic carbocycles. The summed E-state index contributed by atoms with van der Waals surface area (Å²) < 4.78 is 25.6. The van der Waals surface area contributed by atoms with Gasteiger partial charge in [0.1, 0.15) is 16.2 Å². The number of halogens is 2. The number of nitrogens with zero attached hydrogens (tertiary/aromatic N) is 1. The molecule has 0 saturated heterocycles. The molecule has 0 aliphatic carbocycles. The lowest BCUT2D eigenvalue weighted by molar-refractivity contribution is 0.0703. The molecular weight excluding hydrogens is 614 g/mol. The Balaban J connectivity index is 1.44. The Hall–Kier alpha value is -3.13. The molecule has 5 rings (SSSR count). The van der Waals surface area contributed by atoms with Crippen LogP contribution in [0.5, 0.6) is 0 Å². The first-order valence-corrected chi connectivity index (χ1v) is 16.4. The number of fused-ring (bicyclic) bond motifs is 1. The number of anilines is 1. The third kappa shape index (κ3) is 6.59. The molecule has 3 aromatic heterocycles. The number of carboxylic acids is 1. The molecule has 1 unspecified atom stereocenters. The van der Waals surface area contributed by atoms with Gasteiger partial charge in [-0.3, -0.25) is 4.57 Å². The van der Waals surface area contributed by atoms with Gasteiger partial charge in [-0.1, -0.05) is 68.2 Å². The molecule has 7 nitrogen and oxygen atoms in total. The highest BCUT2D eigenvalue weighted by molar-refractivity contribution is 7.68. The summed E-state index contributed by atoms with van der Waals surface area (Å²) in [5.74, 6) is -0.467. The van der Waals surface area contributed by atoms with Gasteiger partial charge in [-0.25, -0.2) is 9.78 Å². The zero-order valence-electron chi connectivity index (χ0n) is 23.4. The Morgan fingerprint density at radius 3 is 2.40 bits per heavy atom. The predicted molar refractivity (Wildman–Crippen MR) is 172 cm³/mol. The highest BCUT2D eigenvalue weighted by Crippen LogP contribution is 2.50. The largest absolute Gasteiger partial charge is 0.477 e. The number of hydrogen-bond acceptors (Lipinski definition) is 6. The molecular formula is C31H29Cl2N2O5PS. The molecule has 0 fully saturated rings. The summed E-state index contributed by atoms with van der Waals surface area (Å²) in [6.45, 7) is 8.35. The van der Waals surface area contributed by atoms with Crippen LogP contribution >= 0.6 is 42.1 Å². The Kier molecular flexibility index (Phi) is 8.57. The highest BCUT2D eigenvalue weighted by Gasteiger charge is 2.31. The SMILES string of the molecule is CCOP(=O)(Nc1cc(-c2ccc(-c3cc4nc(CC(C)(C)C)ccc4o3)cc2)sc1C(=O)O)c1ccc(Cl)cc1Cl. The van der Waals surface area contributed by atoms with Crippen LogP contribution in [0.25, 0.3) is 32.9 Å². The Morgan fingerprint density at radius 2 is 1.76 bits per heavy atom. The number of pyridine rings is 1. The fraction of sp³-hybridized carbons (Fsp3) is 0.226. The van der Waals surface area contributed by atoms with Gasteiger partial charge in [0.25, 0.3) is 0 Å². The van der Waals surface area contributed by atoms with Crippen molar-refractivity contribution >= 4 is 70.1 Å². The second kappa shape index (κ2) is 11.9. The van der Waals surface area contributed by atoms with Crippen molar-refractivity contribution in [2.45, 2.75) is 34.1 Å². The van der Waals surface area contributed by atoms with Gasteiger partial charge in [-0.2, -0.15) is 0 Å². The number of rotatable bonds is 9. The van der Waals surface area contributed by atoms with E-state index >= 15 is 0 Å². The number of benzene rings is 2. The maximum atomic E-state index is 13.9. The van der Waals surface area contributed by atoms with E-state index in [-0.39, 0.29) is 32.9 Å². The number of thiophene rings is 1. The van der Waals surface area contributed by atoms with Gasteiger partial charge >= 0.3 is 13.5 Å². The maximum absolute atomic E-state index is 13.9. The van der Waals surface area contributed by atoms with Crippen LogP contribution in [0.3, 0.4) is 0 Å². The van der Waals surface area contributed by atoms with Gasteiger partial charge in [0.05, 0.1) is 22.6 Å². The zero-order valence-corrected chi connectivity index (χ0v) is 26.6. The summed E-state index contributed by atoms with van der Waals surface area (Å²) in [5.41, 5.74) is 4.48. The molecule has 1 atom stereocenters. The van der Waals surface area contributed by atoms with E-state index in [1.54, 1.807) is 19.1 Å². The fourth-order valence-electron chi connectivity index (χ4n) is 4.55. The van der Waals surface area contributed by atoms with E-state index in [9.17, 15) is 14.5 Å². The second-order valence-corrected chi connectivity index (χ2v) is 14.9.